The number of ketones is 2. The van der Waals surface area contributed by atoms with Crippen LogP contribution in [0.25, 0.3) is 11.7 Å². The number of hydrogen-bond donors (Lipinski definition) is 2. The molecule has 0 amide bonds. The van der Waals surface area contributed by atoms with Crippen LogP contribution in [0.3, 0.4) is 0 Å². The average molecular weight is 385 g/mol. The third-order valence-electron chi connectivity index (χ3n) is 4.68. The van der Waals surface area contributed by atoms with Gasteiger partial charge in [-0.2, -0.15) is 0 Å². The van der Waals surface area contributed by atoms with Crippen LogP contribution in [-0.4, -0.2) is 39.8 Å². The third-order valence-corrected chi connectivity index (χ3v) is 4.68. The Morgan fingerprint density at radius 1 is 1.25 bits per heavy atom. The fourth-order valence-electron chi connectivity index (χ4n) is 3.50. The number of hydrogen-bond acceptors (Lipinski definition) is 6. The predicted molar refractivity (Wildman–Crippen MR) is 101 cm³/mol. The minimum Gasteiger partial charge on any atom is -0.459 e. The van der Waals surface area contributed by atoms with Crippen molar-refractivity contribution in [3.63, 3.8) is 0 Å². The summed E-state index contributed by atoms with van der Waals surface area (Å²) in [4.78, 5) is 28.8. The van der Waals surface area contributed by atoms with Crippen molar-refractivity contribution in [2.75, 3.05) is 13.1 Å². The van der Waals surface area contributed by atoms with Crippen molar-refractivity contribution in [1.29, 1.82) is 0 Å². The number of aryl methyl sites for hydroxylation is 1. The molecule has 28 heavy (non-hydrogen) atoms. The lowest BCUT2D eigenvalue weighted by Gasteiger charge is -2.16. The van der Waals surface area contributed by atoms with Gasteiger partial charge in [-0.3, -0.25) is 9.59 Å². The van der Waals surface area contributed by atoms with E-state index in [4.69, 9.17) is 8.83 Å². The molecule has 0 saturated carbocycles. The Hall–Kier alpha value is -3.00. The van der Waals surface area contributed by atoms with Gasteiger partial charge in [-0.1, -0.05) is 6.92 Å². The SMILES string of the molecule is CCC[NH+](CC(=O)c1[nH]c(C)c(C(C)=O)c1C)Cc1nnc(-c2ccco2)o1. The van der Waals surface area contributed by atoms with Gasteiger partial charge in [0.25, 0.3) is 11.8 Å². The van der Waals surface area contributed by atoms with E-state index in [-0.39, 0.29) is 18.1 Å². The number of furan rings is 1. The van der Waals surface area contributed by atoms with Crippen molar-refractivity contribution in [2.24, 2.45) is 0 Å². The molecule has 8 heteroatoms. The van der Waals surface area contributed by atoms with Gasteiger partial charge in [0.1, 0.15) is 6.54 Å². The largest absolute Gasteiger partial charge is 0.459 e. The van der Waals surface area contributed by atoms with Crippen LogP contribution in [0.2, 0.25) is 0 Å². The normalized spacial score (nSPS) is 12.3. The second-order valence-electron chi connectivity index (χ2n) is 6.94. The zero-order chi connectivity index (χ0) is 20.3. The Kier molecular flexibility index (Phi) is 5.89. The molecule has 0 saturated heterocycles. The quantitative estimate of drug-likeness (QED) is 0.547. The minimum absolute atomic E-state index is 0.0395. The molecular weight excluding hydrogens is 360 g/mol. The topological polar surface area (TPSA) is 106 Å². The van der Waals surface area contributed by atoms with Crippen LogP contribution in [0.4, 0.5) is 0 Å². The number of Topliss-reactive ketones (excluding diaryl/α,β-unsaturated/α-hetero) is 2. The monoisotopic (exact) mass is 385 g/mol. The van der Waals surface area contributed by atoms with Crippen LogP contribution in [0.5, 0.6) is 0 Å². The molecule has 148 valence electrons. The molecule has 0 aliphatic heterocycles. The number of carbonyl (C=O) groups is 2. The number of quaternary nitrogens is 1. The van der Waals surface area contributed by atoms with Crippen LogP contribution < -0.4 is 4.90 Å². The summed E-state index contributed by atoms with van der Waals surface area (Å²) >= 11 is 0. The second-order valence-corrected chi connectivity index (χ2v) is 6.94. The minimum atomic E-state index is -0.0422. The van der Waals surface area contributed by atoms with Gasteiger partial charge in [0.2, 0.25) is 5.78 Å². The Bertz CT molecular complexity index is 969. The van der Waals surface area contributed by atoms with Crippen LogP contribution in [-0.2, 0) is 6.54 Å². The van der Waals surface area contributed by atoms with Gasteiger partial charge in [0, 0.05) is 11.3 Å². The zero-order valence-corrected chi connectivity index (χ0v) is 16.6. The Morgan fingerprint density at radius 2 is 2.04 bits per heavy atom. The molecule has 3 aromatic heterocycles. The first-order valence-corrected chi connectivity index (χ1v) is 9.33. The highest BCUT2D eigenvalue weighted by Gasteiger charge is 2.24. The highest BCUT2D eigenvalue weighted by atomic mass is 16.4. The van der Waals surface area contributed by atoms with Gasteiger partial charge in [-0.15, -0.1) is 10.2 Å². The van der Waals surface area contributed by atoms with E-state index in [1.807, 2.05) is 6.92 Å². The van der Waals surface area contributed by atoms with Gasteiger partial charge < -0.3 is 18.7 Å². The van der Waals surface area contributed by atoms with E-state index in [2.05, 4.69) is 22.1 Å². The number of aromatic nitrogens is 3. The fourth-order valence-corrected chi connectivity index (χ4v) is 3.50. The van der Waals surface area contributed by atoms with Gasteiger partial charge in [-0.25, -0.2) is 0 Å². The summed E-state index contributed by atoms with van der Waals surface area (Å²) in [6.07, 6.45) is 2.45. The molecular formula is C20H25N4O4+. The Morgan fingerprint density at radius 3 is 2.64 bits per heavy atom. The van der Waals surface area contributed by atoms with E-state index in [0.29, 0.717) is 40.9 Å². The smallest absolute Gasteiger partial charge is 0.283 e. The molecule has 0 aliphatic carbocycles. The van der Waals surface area contributed by atoms with Gasteiger partial charge >= 0.3 is 0 Å². The molecule has 0 fully saturated rings. The van der Waals surface area contributed by atoms with Crippen molar-refractivity contribution in [3.8, 4) is 11.7 Å². The number of aromatic amines is 1. The van der Waals surface area contributed by atoms with Crippen LogP contribution >= 0.6 is 0 Å². The standard InChI is InChI=1S/C20H24N4O4/c1-5-8-24(11-17-22-23-20(28-17)16-7-6-9-27-16)10-15(26)19-12(2)18(14(4)25)13(3)21-19/h6-7,9,21H,5,8,10-11H2,1-4H3/p+1. The number of H-pyrrole nitrogens is 1. The summed E-state index contributed by atoms with van der Waals surface area (Å²) in [5.41, 5.74) is 2.53. The summed E-state index contributed by atoms with van der Waals surface area (Å²) in [7, 11) is 0. The molecule has 1 atom stereocenters. The summed E-state index contributed by atoms with van der Waals surface area (Å²) < 4.78 is 10.9. The van der Waals surface area contributed by atoms with E-state index in [9.17, 15) is 9.59 Å². The molecule has 0 spiro atoms. The highest BCUT2D eigenvalue weighted by Crippen LogP contribution is 2.19. The van der Waals surface area contributed by atoms with Crippen molar-refractivity contribution in [1.82, 2.24) is 15.2 Å². The molecule has 3 aromatic rings. The highest BCUT2D eigenvalue weighted by molar-refractivity contribution is 6.03. The van der Waals surface area contributed by atoms with Gasteiger partial charge in [0.15, 0.2) is 18.1 Å². The van der Waals surface area contributed by atoms with E-state index >= 15 is 0 Å². The number of carbonyl (C=O) groups excluding carboxylic acids is 2. The first-order chi connectivity index (χ1) is 13.4. The molecule has 8 nitrogen and oxygen atoms in total. The van der Waals surface area contributed by atoms with E-state index < -0.39 is 0 Å². The lowest BCUT2D eigenvalue weighted by molar-refractivity contribution is -0.906. The molecule has 0 bridgehead atoms. The van der Waals surface area contributed by atoms with E-state index in [1.165, 1.54) is 6.92 Å². The van der Waals surface area contributed by atoms with Crippen molar-refractivity contribution < 1.29 is 23.3 Å². The van der Waals surface area contributed by atoms with Crippen LogP contribution in [0, 0.1) is 13.8 Å². The molecule has 0 radical (unpaired) electrons. The summed E-state index contributed by atoms with van der Waals surface area (Å²) in [5, 5.41) is 8.08. The number of nitrogens with one attached hydrogen (secondary N) is 2. The maximum absolute atomic E-state index is 12.9. The predicted octanol–water partition coefficient (Wildman–Crippen LogP) is 2.15. The Labute approximate surface area is 162 Å². The van der Waals surface area contributed by atoms with E-state index in [1.54, 1.807) is 25.3 Å². The molecule has 0 aromatic carbocycles. The summed E-state index contributed by atoms with van der Waals surface area (Å²) in [6.45, 7) is 8.67. The van der Waals surface area contributed by atoms with Crippen LogP contribution in [0.1, 0.15) is 58.3 Å². The Balaban J connectivity index is 1.74. The lowest BCUT2D eigenvalue weighted by atomic mass is 10.1. The van der Waals surface area contributed by atoms with Gasteiger partial charge in [0.05, 0.1) is 18.5 Å². The first kappa shape index (κ1) is 19.8. The number of nitrogens with zero attached hydrogens (tertiary/aromatic N) is 2. The van der Waals surface area contributed by atoms with Crippen molar-refractivity contribution in [2.45, 2.75) is 40.7 Å². The molecule has 3 heterocycles. The van der Waals surface area contributed by atoms with Crippen LogP contribution in [0.15, 0.2) is 27.2 Å². The molecule has 0 aliphatic rings. The summed E-state index contributed by atoms with van der Waals surface area (Å²) in [6, 6.07) is 3.50. The third kappa shape index (κ3) is 4.12. The van der Waals surface area contributed by atoms with Crippen molar-refractivity contribution >= 4 is 11.6 Å². The maximum atomic E-state index is 12.9. The number of rotatable bonds is 9. The maximum Gasteiger partial charge on any atom is 0.283 e. The van der Waals surface area contributed by atoms with Gasteiger partial charge in [-0.05, 0) is 44.9 Å². The fraction of sp³-hybridized carbons (Fsp3) is 0.400. The second kappa shape index (κ2) is 8.35. The summed E-state index contributed by atoms with van der Waals surface area (Å²) in [5.74, 6) is 1.21. The molecule has 2 N–H and O–H groups in total. The average Bonchev–Trinajstić information content (AvgIpc) is 3.35. The lowest BCUT2D eigenvalue weighted by Crippen LogP contribution is -3.11. The molecule has 3 rings (SSSR count). The first-order valence-electron chi connectivity index (χ1n) is 9.33. The zero-order valence-electron chi connectivity index (χ0n) is 16.6. The molecule has 1 unspecified atom stereocenters. The van der Waals surface area contributed by atoms with Crippen molar-refractivity contribution in [3.05, 3.63) is 46.8 Å². The van der Waals surface area contributed by atoms with E-state index in [0.717, 1.165) is 23.6 Å².